The molecule has 0 aromatic carbocycles. The molecule has 2 aromatic heterocycles. The van der Waals surface area contributed by atoms with Gasteiger partial charge < -0.3 is 5.11 Å². The highest BCUT2D eigenvalue weighted by atomic mass is 19.3. The van der Waals surface area contributed by atoms with Crippen LogP contribution < -0.4 is 0 Å². The number of nitro groups is 1. The number of alkyl halides is 2. The summed E-state index contributed by atoms with van der Waals surface area (Å²) in [5.74, 6) is -0.988. The number of carbonyl (C=O) groups excluding carboxylic acids is 1. The second-order valence-corrected chi connectivity index (χ2v) is 6.47. The molecule has 1 aliphatic heterocycles. The van der Waals surface area contributed by atoms with Crippen LogP contribution in [0.4, 0.5) is 14.5 Å². The number of amides is 1. The van der Waals surface area contributed by atoms with Crippen molar-refractivity contribution in [1.29, 1.82) is 0 Å². The molecule has 0 spiro atoms. The van der Waals surface area contributed by atoms with Crippen LogP contribution in [0.15, 0.2) is 17.4 Å². The third-order valence-electron chi connectivity index (χ3n) is 4.36. The van der Waals surface area contributed by atoms with E-state index in [1.165, 1.54) is 42.4 Å². The highest BCUT2D eigenvalue weighted by Crippen LogP contribution is 2.32. The Bertz CT molecular complexity index is 983. The van der Waals surface area contributed by atoms with Crippen molar-refractivity contribution in [3.05, 3.63) is 39.5 Å². The van der Waals surface area contributed by atoms with Gasteiger partial charge >= 0.3 is 5.69 Å². The zero-order valence-corrected chi connectivity index (χ0v) is 15.2. The van der Waals surface area contributed by atoms with Crippen molar-refractivity contribution in [2.45, 2.75) is 46.0 Å². The van der Waals surface area contributed by atoms with Gasteiger partial charge in [-0.15, -0.1) is 0 Å². The minimum absolute atomic E-state index is 0.0325. The van der Waals surface area contributed by atoms with Gasteiger partial charge in [-0.05, 0) is 26.8 Å². The third kappa shape index (κ3) is 3.13. The van der Waals surface area contributed by atoms with Crippen molar-refractivity contribution in [1.82, 2.24) is 24.6 Å². The van der Waals surface area contributed by atoms with Gasteiger partial charge in [-0.3, -0.25) is 19.6 Å². The van der Waals surface area contributed by atoms with Crippen molar-refractivity contribution in [3.63, 3.8) is 0 Å². The number of nitrogens with zero attached hydrogens (tertiary/aromatic N) is 7. The lowest BCUT2D eigenvalue weighted by molar-refractivity contribution is -0.386. The van der Waals surface area contributed by atoms with Crippen LogP contribution in [0.5, 0.6) is 0 Å². The maximum absolute atomic E-state index is 13.3. The first kappa shape index (κ1) is 19.5. The topological polar surface area (TPSA) is 132 Å². The van der Waals surface area contributed by atoms with Gasteiger partial charge in [0.25, 0.3) is 12.3 Å². The Labute approximate surface area is 157 Å². The van der Waals surface area contributed by atoms with E-state index in [-0.39, 0.29) is 29.5 Å². The number of hydrogen-bond donors (Lipinski definition) is 1. The molecule has 0 saturated heterocycles. The second kappa shape index (κ2) is 6.74. The van der Waals surface area contributed by atoms with E-state index in [1.807, 2.05) is 0 Å². The van der Waals surface area contributed by atoms with Crippen LogP contribution in [0.25, 0.3) is 0 Å². The highest BCUT2D eigenvalue weighted by molar-refractivity contribution is 5.96. The number of carbonyl (C=O) groups is 1. The second-order valence-electron chi connectivity index (χ2n) is 6.47. The van der Waals surface area contributed by atoms with Crippen molar-refractivity contribution in [2.75, 3.05) is 0 Å². The summed E-state index contributed by atoms with van der Waals surface area (Å²) < 4.78 is 29.1. The summed E-state index contributed by atoms with van der Waals surface area (Å²) in [5, 5.41) is 33.3. The molecule has 0 fully saturated rings. The SMILES string of the molecule is CC1=NN(C(=O)c2ccn(Cn3nc(C)c([N+](=O)[O-])c3C)n2)C(O)(C(F)F)C1. The fourth-order valence-corrected chi connectivity index (χ4v) is 3.02. The molecule has 1 aliphatic rings. The molecule has 2 aromatic rings. The van der Waals surface area contributed by atoms with Crippen LogP contribution in [-0.4, -0.2) is 58.4 Å². The summed E-state index contributed by atoms with van der Waals surface area (Å²) in [7, 11) is 0. The minimum Gasteiger partial charge on any atom is -0.364 e. The van der Waals surface area contributed by atoms with Crippen LogP contribution in [-0.2, 0) is 6.67 Å². The first-order valence-corrected chi connectivity index (χ1v) is 8.15. The number of hydrogen-bond acceptors (Lipinski definition) is 7. The van der Waals surface area contributed by atoms with Crippen LogP contribution in [0.2, 0.25) is 0 Å². The molecule has 28 heavy (non-hydrogen) atoms. The number of hydrazone groups is 1. The van der Waals surface area contributed by atoms with Crippen LogP contribution in [0.3, 0.4) is 0 Å². The van der Waals surface area contributed by atoms with Gasteiger partial charge in [0.2, 0.25) is 5.72 Å². The van der Waals surface area contributed by atoms with E-state index < -0.39 is 29.4 Å². The predicted octanol–water partition coefficient (Wildman–Crippen LogP) is 1.29. The van der Waals surface area contributed by atoms with E-state index in [1.54, 1.807) is 0 Å². The van der Waals surface area contributed by atoms with Crippen molar-refractivity contribution in [3.8, 4) is 0 Å². The van der Waals surface area contributed by atoms with E-state index in [0.29, 0.717) is 10.7 Å². The Kier molecular flexibility index (Phi) is 4.71. The molecular formula is C15H17F2N7O4. The van der Waals surface area contributed by atoms with E-state index >= 15 is 0 Å². The Morgan fingerprint density at radius 3 is 2.64 bits per heavy atom. The summed E-state index contributed by atoms with van der Waals surface area (Å²) in [6.45, 7) is 4.42. The molecule has 3 rings (SSSR count). The molecule has 0 saturated carbocycles. The summed E-state index contributed by atoms with van der Waals surface area (Å²) in [6.07, 6.45) is -2.29. The fourth-order valence-electron chi connectivity index (χ4n) is 3.02. The van der Waals surface area contributed by atoms with E-state index in [4.69, 9.17) is 0 Å². The van der Waals surface area contributed by atoms with Crippen LogP contribution >= 0.6 is 0 Å². The Balaban J connectivity index is 1.84. The first-order chi connectivity index (χ1) is 13.0. The molecule has 11 nitrogen and oxygen atoms in total. The summed E-state index contributed by atoms with van der Waals surface area (Å²) in [6, 6.07) is 1.28. The molecule has 1 amide bonds. The fraction of sp³-hybridized carbons (Fsp3) is 0.467. The lowest BCUT2D eigenvalue weighted by Crippen LogP contribution is -2.51. The van der Waals surface area contributed by atoms with Gasteiger partial charge in [-0.2, -0.15) is 20.3 Å². The number of halogens is 2. The summed E-state index contributed by atoms with van der Waals surface area (Å²) in [4.78, 5) is 23.1. The molecule has 1 unspecified atom stereocenters. The van der Waals surface area contributed by atoms with Gasteiger partial charge in [0.1, 0.15) is 18.1 Å². The van der Waals surface area contributed by atoms with Crippen LogP contribution in [0.1, 0.15) is 35.2 Å². The molecule has 13 heteroatoms. The van der Waals surface area contributed by atoms with Gasteiger partial charge in [-0.25, -0.2) is 13.5 Å². The monoisotopic (exact) mass is 397 g/mol. The average molecular weight is 397 g/mol. The Morgan fingerprint density at radius 1 is 1.39 bits per heavy atom. The summed E-state index contributed by atoms with van der Waals surface area (Å²) >= 11 is 0. The zero-order chi connectivity index (χ0) is 20.8. The summed E-state index contributed by atoms with van der Waals surface area (Å²) in [5.41, 5.74) is -2.33. The van der Waals surface area contributed by atoms with Gasteiger partial charge in [0, 0.05) is 18.3 Å². The molecule has 0 bridgehead atoms. The van der Waals surface area contributed by atoms with E-state index in [0.717, 1.165) is 0 Å². The number of aromatic nitrogens is 4. The third-order valence-corrected chi connectivity index (χ3v) is 4.36. The lowest BCUT2D eigenvalue weighted by atomic mass is 10.1. The average Bonchev–Trinajstić information content (AvgIpc) is 3.25. The highest BCUT2D eigenvalue weighted by Gasteiger charge is 2.51. The molecule has 150 valence electrons. The zero-order valence-electron chi connectivity index (χ0n) is 15.2. The van der Waals surface area contributed by atoms with E-state index in [9.17, 15) is 28.8 Å². The number of aryl methyl sites for hydroxylation is 1. The molecule has 1 N–H and O–H groups in total. The quantitative estimate of drug-likeness (QED) is 0.597. The van der Waals surface area contributed by atoms with Gasteiger partial charge in [0.15, 0.2) is 5.69 Å². The molecule has 0 radical (unpaired) electrons. The number of rotatable bonds is 5. The molecule has 0 aliphatic carbocycles. The predicted molar refractivity (Wildman–Crippen MR) is 90.8 cm³/mol. The lowest BCUT2D eigenvalue weighted by Gasteiger charge is -2.29. The number of aliphatic hydroxyl groups is 1. The standard InChI is InChI=1S/C15H17F2N7O4/c1-8-6-15(26,14(16)17)23(18-8)13(25)11-4-5-21(20-11)7-22-10(3)12(24(27)28)9(2)19-22/h4-5,14,26H,6-7H2,1-3H3. The Morgan fingerprint density at radius 2 is 2.07 bits per heavy atom. The largest absolute Gasteiger partial charge is 0.364 e. The van der Waals surface area contributed by atoms with Crippen molar-refractivity contribution < 1.29 is 23.6 Å². The smallest absolute Gasteiger partial charge is 0.312 e. The van der Waals surface area contributed by atoms with Gasteiger partial charge in [-0.1, -0.05) is 0 Å². The minimum atomic E-state index is -3.21. The molecule has 3 heterocycles. The Hall–Kier alpha value is -3.22. The molecular weight excluding hydrogens is 380 g/mol. The maximum Gasteiger partial charge on any atom is 0.312 e. The van der Waals surface area contributed by atoms with Crippen molar-refractivity contribution >= 4 is 17.3 Å². The normalized spacial score (nSPS) is 19.4. The van der Waals surface area contributed by atoms with Crippen molar-refractivity contribution in [2.24, 2.45) is 5.10 Å². The van der Waals surface area contributed by atoms with E-state index in [2.05, 4.69) is 15.3 Å². The molecule has 1 atom stereocenters. The van der Waals surface area contributed by atoms with Gasteiger partial charge in [0.05, 0.1) is 4.92 Å². The first-order valence-electron chi connectivity index (χ1n) is 8.15. The van der Waals surface area contributed by atoms with Crippen LogP contribution in [0, 0.1) is 24.0 Å². The maximum atomic E-state index is 13.3.